The first-order valence-corrected chi connectivity index (χ1v) is 7.69. The van der Waals surface area contributed by atoms with Crippen molar-refractivity contribution in [3.63, 3.8) is 0 Å². The number of nitrogens with one attached hydrogen (secondary N) is 2. The molecule has 1 rings (SSSR count). The summed E-state index contributed by atoms with van der Waals surface area (Å²) in [5.74, 6) is 1.32. The molecule has 0 aromatic carbocycles. The molecule has 1 aliphatic rings. The van der Waals surface area contributed by atoms with Gasteiger partial charge in [0.1, 0.15) is 0 Å². The van der Waals surface area contributed by atoms with Crippen LogP contribution in [-0.4, -0.2) is 39.2 Å². The first kappa shape index (κ1) is 20.5. The third kappa shape index (κ3) is 8.48. The number of hydrogen-bond donors (Lipinski definition) is 2. The zero-order valence-electron chi connectivity index (χ0n) is 13.5. The molecule has 1 saturated carbocycles. The summed E-state index contributed by atoms with van der Waals surface area (Å²) in [6.45, 7) is 3.31. The van der Waals surface area contributed by atoms with Gasteiger partial charge in [0.05, 0.1) is 13.0 Å². The summed E-state index contributed by atoms with van der Waals surface area (Å²) >= 11 is 0. The highest BCUT2D eigenvalue weighted by Gasteiger charge is 2.15. The maximum absolute atomic E-state index is 11.3. The van der Waals surface area contributed by atoms with Crippen LogP contribution in [0.2, 0.25) is 0 Å². The summed E-state index contributed by atoms with van der Waals surface area (Å²) in [6, 6.07) is 0. The fourth-order valence-corrected chi connectivity index (χ4v) is 2.65. The number of carbonyl (C=O) groups is 1. The van der Waals surface area contributed by atoms with Crippen LogP contribution in [0.1, 0.15) is 45.4 Å². The molecule has 1 atom stereocenters. The quantitative estimate of drug-likeness (QED) is 0.222. The van der Waals surface area contributed by atoms with Crippen LogP contribution in [0.25, 0.3) is 0 Å². The Morgan fingerprint density at radius 3 is 2.57 bits per heavy atom. The zero-order chi connectivity index (χ0) is 14.8. The van der Waals surface area contributed by atoms with Crippen molar-refractivity contribution in [3.05, 3.63) is 0 Å². The van der Waals surface area contributed by atoms with Gasteiger partial charge in [0.2, 0.25) is 0 Å². The fourth-order valence-electron chi connectivity index (χ4n) is 2.65. The Hall–Kier alpha value is -0.530. The van der Waals surface area contributed by atoms with Gasteiger partial charge in [0.15, 0.2) is 5.96 Å². The summed E-state index contributed by atoms with van der Waals surface area (Å²) in [4.78, 5) is 15.5. The van der Waals surface area contributed by atoms with Crippen molar-refractivity contribution in [2.24, 2.45) is 16.8 Å². The predicted octanol–water partition coefficient (Wildman–Crippen LogP) is 2.55. The SMILES string of the molecule is CN=C(NCCCC1CCCC1)NCC(C)C(=O)OC.I. The normalized spacial score (nSPS) is 17.0. The molecule has 0 amide bonds. The molecule has 2 N–H and O–H groups in total. The van der Waals surface area contributed by atoms with Gasteiger partial charge in [-0.3, -0.25) is 9.79 Å². The Balaban J connectivity index is 0.00000400. The third-order valence-corrected chi connectivity index (χ3v) is 3.96. The summed E-state index contributed by atoms with van der Waals surface area (Å²) in [6.07, 6.45) is 8.12. The molecule has 1 fully saturated rings. The van der Waals surface area contributed by atoms with Gasteiger partial charge in [-0.2, -0.15) is 0 Å². The number of nitrogens with zero attached hydrogens (tertiary/aromatic N) is 1. The molecule has 21 heavy (non-hydrogen) atoms. The molecule has 0 spiro atoms. The molecule has 0 heterocycles. The van der Waals surface area contributed by atoms with Crippen molar-refractivity contribution in [2.75, 3.05) is 27.2 Å². The Labute approximate surface area is 145 Å². The van der Waals surface area contributed by atoms with Gasteiger partial charge in [-0.1, -0.05) is 32.6 Å². The molecule has 0 aliphatic heterocycles. The van der Waals surface area contributed by atoms with E-state index in [9.17, 15) is 4.79 Å². The Morgan fingerprint density at radius 1 is 1.33 bits per heavy atom. The van der Waals surface area contributed by atoms with Crippen LogP contribution >= 0.6 is 24.0 Å². The highest BCUT2D eigenvalue weighted by Crippen LogP contribution is 2.28. The average molecular weight is 411 g/mol. The smallest absolute Gasteiger partial charge is 0.310 e. The van der Waals surface area contributed by atoms with Crippen LogP contribution < -0.4 is 10.6 Å². The molecule has 0 radical (unpaired) electrons. The van der Waals surface area contributed by atoms with E-state index in [2.05, 4.69) is 15.6 Å². The lowest BCUT2D eigenvalue weighted by molar-refractivity contribution is -0.144. The molecule has 1 aliphatic carbocycles. The van der Waals surface area contributed by atoms with Gasteiger partial charge in [0.25, 0.3) is 0 Å². The van der Waals surface area contributed by atoms with Crippen LogP contribution in [0.15, 0.2) is 4.99 Å². The second-order valence-electron chi connectivity index (χ2n) is 5.60. The van der Waals surface area contributed by atoms with E-state index in [4.69, 9.17) is 4.74 Å². The van der Waals surface area contributed by atoms with E-state index >= 15 is 0 Å². The van der Waals surface area contributed by atoms with E-state index in [0.717, 1.165) is 18.4 Å². The summed E-state index contributed by atoms with van der Waals surface area (Å²) in [5, 5.41) is 6.44. The number of rotatable bonds is 7. The standard InChI is InChI=1S/C15H29N3O2.HI/c1-12(14(19)20-3)11-18-15(16-2)17-10-6-9-13-7-4-5-8-13;/h12-13H,4-11H2,1-3H3,(H2,16,17,18);1H. The van der Waals surface area contributed by atoms with Crippen molar-refractivity contribution in [2.45, 2.75) is 45.4 Å². The van der Waals surface area contributed by atoms with Crippen molar-refractivity contribution >= 4 is 35.9 Å². The van der Waals surface area contributed by atoms with Gasteiger partial charge in [-0.25, -0.2) is 0 Å². The molecule has 0 aromatic rings. The molecule has 6 heteroatoms. The summed E-state index contributed by atoms with van der Waals surface area (Å²) < 4.78 is 4.69. The lowest BCUT2D eigenvalue weighted by Gasteiger charge is -2.15. The van der Waals surface area contributed by atoms with E-state index in [1.165, 1.54) is 45.6 Å². The van der Waals surface area contributed by atoms with Crippen LogP contribution in [0, 0.1) is 11.8 Å². The van der Waals surface area contributed by atoms with Crippen LogP contribution in [0.5, 0.6) is 0 Å². The van der Waals surface area contributed by atoms with E-state index in [1.807, 2.05) is 6.92 Å². The second-order valence-corrected chi connectivity index (χ2v) is 5.60. The molecule has 0 aromatic heterocycles. The zero-order valence-corrected chi connectivity index (χ0v) is 15.8. The Kier molecular flexibility index (Phi) is 11.8. The highest BCUT2D eigenvalue weighted by molar-refractivity contribution is 14.0. The molecule has 0 saturated heterocycles. The first-order chi connectivity index (χ1) is 9.67. The largest absolute Gasteiger partial charge is 0.469 e. The number of hydrogen-bond acceptors (Lipinski definition) is 3. The van der Waals surface area contributed by atoms with Crippen molar-refractivity contribution in [1.29, 1.82) is 0 Å². The van der Waals surface area contributed by atoms with Crippen LogP contribution in [0.3, 0.4) is 0 Å². The van der Waals surface area contributed by atoms with Crippen LogP contribution in [0.4, 0.5) is 0 Å². The minimum Gasteiger partial charge on any atom is -0.469 e. The molecular weight excluding hydrogens is 381 g/mol. The molecule has 124 valence electrons. The van der Waals surface area contributed by atoms with Gasteiger partial charge >= 0.3 is 5.97 Å². The van der Waals surface area contributed by atoms with Crippen LogP contribution in [-0.2, 0) is 9.53 Å². The van der Waals surface area contributed by atoms with Gasteiger partial charge in [0, 0.05) is 20.1 Å². The first-order valence-electron chi connectivity index (χ1n) is 7.69. The van der Waals surface area contributed by atoms with Gasteiger partial charge in [-0.15, -0.1) is 24.0 Å². The minimum atomic E-state index is -0.200. The fraction of sp³-hybridized carbons (Fsp3) is 0.867. The lowest BCUT2D eigenvalue weighted by Crippen LogP contribution is -2.41. The van der Waals surface area contributed by atoms with E-state index < -0.39 is 0 Å². The highest BCUT2D eigenvalue weighted by atomic mass is 127. The molecule has 0 bridgehead atoms. The van der Waals surface area contributed by atoms with Crippen molar-refractivity contribution in [1.82, 2.24) is 10.6 Å². The monoisotopic (exact) mass is 411 g/mol. The number of halogens is 1. The van der Waals surface area contributed by atoms with Gasteiger partial charge in [-0.05, 0) is 18.8 Å². The number of carbonyl (C=O) groups excluding carboxylic acids is 1. The number of methoxy groups -OCH3 is 1. The average Bonchev–Trinajstić information content (AvgIpc) is 2.98. The Bertz CT molecular complexity index is 318. The predicted molar refractivity (Wildman–Crippen MR) is 97.2 cm³/mol. The lowest BCUT2D eigenvalue weighted by atomic mass is 10.0. The van der Waals surface area contributed by atoms with Gasteiger partial charge < -0.3 is 15.4 Å². The molecular formula is C15H30IN3O2. The van der Waals surface area contributed by atoms with E-state index in [-0.39, 0.29) is 35.9 Å². The Morgan fingerprint density at radius 2 is 2.00 bits per heavy atom. The molecule has 1 unspecified atom stereocenters. The molecule has 5 nitrogen and oxygen atoms in total. The van der Waals surface area contributed by atoms with E-state index in [0.29, 0.717) is 6.54 Å². The topological polar surface area (TPSA) is 62.7 Å². The number of guanidine groups is 1. The summed E-state index contributed by atoms with van der Waals surface area (Å²) in [7, 11) is 3.16. The number of aliphatic imine (C=N–C) groups is 1. The minimum absolute atomic E-state index is 0. The number of ether oxygens (including phenoxy) is 1. The third-order valence-electron chi connectivity index (χ3n) is 3.96. The maximum atomic E-state index is 11.3. The maximum Gasteiger partial charge on any atom is 0.310 e. The van der Waals surface area contributed by atoms with Crippen molar-refractivity contribution in [3.8, 4) is 0 Å². The van der Waals surface area contributed by atoms with Crippen molar-refractivity contribution < 1.29 is 9.53 Å². The second kappa shape index (κ2) is 12.1. The number of esters is 1. The summed E-state index contributed by atoms with van der Waals surface area (Å²) in [5.41, 5.74) is 0. The van der Waals surface area contributed by atoms with E-state index in [1.54, 1.807) is 7.05 Å².